The Morgan fingerprint density at radius 1 is 1.12 bits per heavy atom. The molecule has 2 aliphatic rings. The largest absolute Gasteiger partial charge is 0.378 e. The number of hydrogen-bond acceptors (Lipinski definition) is 7. The molecule has 0 unspecified atom stereocenters. The van der Waals surface area contributed by atoms with Crippen LogP contribution in [0.1, 0.15) is 18.4 Å². The monoisotopic (exact) mass is 457 g/mol. The number of aromatic nitrogens is 4. The van der Waals surface area contributed by atoms with Crippen LogP contribution < -0.4 is 21.1 Å². The quantitative estimate of drug-likeness (QED) is 0.635. The van der Waals surface area contributed by atoms with Crippen LogP contribution in [0.3, 0.4) is 0 Å². The SMILES string of the molecule is Cn1c(N2CCOCC2)nc2nc(N3CCC[C@@H](N)C3)n(Cc3ccccc3Cl)c2c1=O. The summed E-state index contributed by atoms with van der Waals surface area (Å²) in [6, 6.07) is 7.76. The number of piperidine rings is 1. The number of fused-ring (bicyclic) bond motifs is 1. The van der Waals surface area contributed by atoms with Gasteiger partial charge in [-0.3, -0.25) is 13.9 Å². The molecule has 3 aromatic rings. The second kappa shape index (κ2) is 8.73. The minimum atomic E-state index is -0.122. The van der Waals surface area contributed by atoms with E-state index in [1.54, 1.807) is 11.6 Å². The van der Waals surface area contributed by atoms with Crippen molar-refractivity contribution in [2.45, 2.75) is 25.4 Å². The topological polar surface area (TPSA) is 94.4 Å². The number of imidazole rings is 1. The van der Waals surface area contributed by atoms with Crippen LogP contribution in [0.5, 0.6) is 0 Å². The Kier molecular flexibility index (Phi) is 5.79. The van der Waals surface area contributed by atoms with Gasteiger partial charge in [-0.2, -0.15) is 9.97 Å². The zero-order chi connectivity index (χ0) is 22.2. The highest BCUT2D eigenvalue weighted by Gasteiger charge is 2.27. The van der Waals surface area contributed by atoms with Crippen LogP contribution in [-0.2, 0) is 18.3 Å². The van der Waals surface area contributed by atoms with E-state index in [-0.39, 0.29) is 11.6 Å². The Labute approximate surface area is 191 Å². The van der Waals surface area contributed by atoms with Crippen molar-refractivity contribution in [3.63, 3.8) is 0 Å². The fourth-order valence-electron chi connectivity index (χ4n) is 4.56. The summed E-state index contributed by atoms with van der Waals surface area (Å²) in [5.41, 5.74) is 8.00. The molecule has 32 heavy (non-hydrogen) atoms. The van der Waals surface area contributed by atoms with Gasteiger partial charge < -0.3 is 20.3 Å². The zero-order valence-electron chi connectivity index (χ0n) is 18.2. The van der Waals surface area contributed by atoms with Crippen LogP contribution in [0.15, 0.2) is 29.1 Å². The van der Waals surface area contributed by atoms with E-state index in [1.807, 2.05) is 28.8 Å². The average molecular weight is 458 g/mol. The van der Waals surface area contributed by atoms with Crippen molar-refractivity contribution in [3.05, 3.63) is 45.2 Å². The molecule has 2 N–H and O–H groups in total. The number of nitrogens with zero attached hydrogens (tertiary/aromatic N) is 6. The van der Waals surface area contributed by atoms with Gasteiger partial charge in [-0.25, -0.2) is 0 Å². The first-order chi connectivity index (χ1) is 15.5. The fourth-order valence-corrected chi connectivity index (χ4v) is 4.76. The molecule has 0 aliphatic carbocycles. The summed E-state index contributed by atoms with van der Waals surface area (Å²) in [4.78, 5) is 27.5. The van der Waals surface area contributed by atoms with Gasteiger partial charge in [0.2, 0.25) is 11.9 Å². The lowest BCUT2D eigenvalue weighted by atomic mass is 10.1. The molecule has 1 atom stereocenters. The lowest BCUT2D eigenvalue weighted by molar-refractivity contribution is 0.121. The van der Waals surface area contributed by atoms with E-state index in [0.717, 1.165) is 30.9 Å². The minimum absolute atomic E-state index is 0.0806. The van der Waals surface area contributed by atoms with Crippen LogP contribution in [0.25, 0.3) is 11.2 Å². The van der Waals surface area contributed by atoms with Crippen LogP contribution in [-0.4, -0.2) is 64.5 Å². The Balaban J connectivity index is 1.67. The molecule has 10 heteroatoms. The molecule has 5 rings (SSSR count). The highest BCUT2D eigenvalue weighted by Crippen LogP contribution is 2.27. The van der Waals surface area contributed by atoms with Gasteiger partial charge in [0.05, 0.1) is 19.8 Å². The van der Waals surface area contributed by atoms with Crippen molar-refractivity contribution in [3.8, 4) is 0 Å². The lowest BCUT2D eigenvalue weighted by Gasteiger charge is -2.32. The van der Waals surface area contributed by atoms with E-state index in [1.165, 1.54) is 0 Å². The molecule has 0 saturated carbocycles. The number of nitrogens with two attached hydrogens (primary N) is 1. The first kappa shape index (κ1) is 21.2. The van der Waals surface area contributed by atoms with E-state index in [4.69, 9.17) is 32.0 Å². The normalized spacial score (nSPS) is 19.7. The lowest BCUT2D eigenvalue weighted by Crippen LogP contribution is -2.44. The first-order valence-corrected chi connectivity index (χ1v) is 11.4. The smallest absolute Gasteiger partial charge is 0.281 e. The first-order valence-electron chi connectivity index (χ1n) is 11.1. The van der Waals surface area contributed by atoms with Gasteiger partial charge in [-0.05, 0) is 24.5 Å². The highest BCUT2D eigenvalue weighted by molar-refractivity contribution is 6.31. The number of benzene rings is 1. The molecule has 2 aliphatic heterocycles. The Bertz CT molecular complexity index is 1180. The number of rotatable bonds is 4. The zero-order valence-corrected chi connectivity index (χ0v) is 19.0. The molecule has 0 bridgehead atoms. The second-order valence-electron chi connectivity index (χ2n) is 8.49. The van der Waals surface area contributed by atoms with Crippen molar-refractivity contribution in [2.24, 2.45) is 12.8 Å². The van der Waals surface area contributed by atoms with E-state index in [2.05, 4.69) is 9.80 Å². The van der Waals surface area contributed by atoms with Crippen molar-refractivity contribution in [1.82, 2.24) is 19.1 Å². The fraction of sp³-hybridized carbons (Fsp3) is 0.500. The number of anilines is 2. The third-order valence-corrected chi connectivity index (χ3v) is 6.63. The Hall–Kier alpha value is -2.62. The van der Waals surface area contributed by atoms with Gasteiger partial charge in [0, 0.05) is 44.3 Å². The summed E-state index contributed by atoms with van der Waals surface area (Å²) < 4.78 is 9.03. The summed E-state index contributed by atoms with van der Waals surface area (Å²) >= 11 is 6.47. The number of halogens is 1. The van der Waals surface area contributed by atoms with Gasteiger partial charge in [-0.1, -0.05) is 29.8 Å². The van der Waals surface area contributed by atoms with Gasteiger partial charge >= 0.3 is 0 Å². The predicted molar refractivity (Wildman–Crippen MR) is 126 cm³/mol. The molecule has 2 saturated heterocycles. The van der Waals surface area contributed by atoms with Gasteiger partial charge in [-0.15, -0.1) is 0 Å². The van der Waals surface area contributed by atoms with Crippen molar-refractivity contribution in [2.75, 3.05) is 49.2 Å². The summed E-state index contributed by atoms with van der Waals surface area (Å²) in [5, 5.41) is 0.658. The van der Waals surface area contributed by atoms with Gasteiger partial charge in [0.1, 0.15) is 0 Å². The Morgan fingerprint density at radius 2 is 1.88 bits per heavy atom. The summed E-state index contributed by atoms with van der Waals surface area (Å²) in [7, 11) is 1.77. The van der Waals surface area contributed by atoms with Gasteiger partial charge in [0.15, 0.2) is 11.2 Å². The molecule has 1 aromatic carbocycles. The van der Waals surface area contributed by atoms with Gasteiger partial charge in [0.25, 0.3) is 5.56 Å². The number of morpholine rings is 1. The summed E-state index contributed by atoms with van der Waals surface area (Å²) in [6.07, 6.45) is 1.98. The maximum Gasteiger partial charge on any atom is 0.281 e. The number of ether oxygens (including phenoxy) is 1. The summed E-state index contributed by atoms with van der Waals surface area (Å²) in [5.74, 6) is 1.34. The third kappa shape index (κ3) is 3.85. The maximum atomic E-state index is 13.6. The molecule has 9 nitrogen and oxygen atoms in total. The highest BCUT2D eigenvalue weighted by atomic mass is 35.5. The third-order valence-electron chi connectivity index (χ3n) is 6.26. The maximum absolute atomic E-state index is 13.6. The van der Waals surface area contributed by atoms with E-state index < -0.39 is 0 Å². The second-order valence-corrected chi connectivity index (χ2v) is 8.89. The molecule has 0 radical (unpaired) electrons. The summed E-state index contributed by atoms with van der Waals surface area (Å²) in [6.45, 7) is 4.60. The predicted octanol–water partition coefficient (Wildman–Crippen LogP) is 1.60. The van der Waals surface area contributed by atoms with Crippen molar-refractivity contribution in [1.29, 1.82) is 0 Å². The van der Waals surface area contributed by atoms with E-state index >= 15 is 0 Å². The molecule has 0 amide bonds. The molecule has 0 spiro atoms. The average Bonchev–Trinajstić information content (AvgIpc) is 3.17. The van der Waals surface area contributed by atoms with Crippen molar-refractivity contribution < 1.29 is 4.74 Å². The van der Waals surface area contributed by atoms with E-state index in [0.29, 0.717) is 61.5 Å². The molecule has 170 valence electrons. The standard InChI is InChI=1S/C22H28ClN7O2/c1-27-20(31)18-19(25-21(27)28-9-11-32-12-10-28)26-22(29-8-4-6-16(24)14-29)30(18)13-15-5-2-3-7-17(15)23/h2-3,5,7,16H,4,6,8-14,24H2,1H3/t16-/m1/s1. The van der Waals surface area contributed by atoms with Crippen LogP contribution in [0.2, 0.25) is 5.02 Å². The number of hydrogen-bond donors (Lipinski definition) is 1. The molecular weight excluding hydrogens is 430 g/mol. The van der Waals surface area contributed by atoms with Crippen LogP contribution >= 0.6 is 11.6 Å². The van der Waals surface area contributed by atoms with Crippen molar-refractivity contribution >= 4 is 34.7 Å². The molecule has 4 heterocycles. The van der Waals surface area contributed by atoms with E-state index in [9.17, 15) is 4.79 Å². The van der Waals surface area contributed by atoms with Crippen LogP contribution in [0, 0.1) is 0 Å². The minimum Gasteiger partial charge on any atom is -0.378 e. The molecule has 2 aromatic heterocycles. The van der Waals surface area contributed by atoms with Crippen LogP contribution in [0.4, 0.5) is 11.9 Å². The molecular formula is C22H28ClN7O2. The molecule has 2 fully saturated rings. The Morgan fingerprint density at radius 3 is 2.62 bits per heavy atom.